The first-order valence-corrected chi connectivity index (χ1v) is 8.26. The lowest BCUT2D eigenvalue weighted by molar-refractivity contribution is 0.599. The van der Waals surface area contributed by atoms with Gasteiger partial charge in [0.2, 0.25) is 0 Å². The normalized spacial score (nSPS) is 11.2. The first kappa shape index (κ1) is 15.5. The molecule has 21 heavy (non-hydrogen) atoms. The number of rotatable bonds is 3. The number of hydrogen-bond donors (Lipinski definition) is 1. The average molecular weight is 369 g/mol. The summed E-state index contributed by atoms with van der Waals surface area (Å²) in [4.78, 5) is 0.133. The van der Waals surface area contributed by atoms with Gasteiger partial charge in [-0.25, -0.2) is 8.42 Å². The molecule has 0 fully saturated rings. The topological polar surface area (TPSA) is 87.8 Å². The van der Waals surface area contributed by atoms with Gasteiger partial charge in [-0.2, -0.15) is 10.4 Å². The Kier molecular flexibility index (Phi) is 4.07. The number of nitriles is 1. The van der Waals surface area contributed by atoms with Gasteiger partial charge in [0.05, 0.1) is 22.6 Å². The molecule has 1 aromatic heterocycles. The monoisotopic (exact) mass is 368 g/mol. The molecule has 0 aliphatic heterocycles. The number of aromatic nitrogens is 2. The molecular weight excluding hydrogens is 356 g/mol. The van der Waals surface area contributed by atoms with Crippen LogP contribution in [0.4, 0.5) is 5.69 Å². The third-order valence-corrected chi connectivity index (χ3v) is 5.17. The highest BCUT2D eigenvalue weighted by Crippen LogP contribution is 2.26. The molecule has 1 aromatic carbocycles. The third kappa shape index (κ3) is 2.94. The molecule has 1 heterocycles. The number of anilines is 1. The van der Waals surface area contributed by atoms with Crippen LogP contribution >= 0.6 is 15.9 Å². The summed E-state index contributed by atoms with van der Waals surface area (Å²) in [5, 5.41) is 13.2. The van der Waals surface area contributed by atoms with Crippen molar-refractivity contribution in [3.8, 4) is 6.07 Å². The van der Waals surface area contributed by atoms with Crippen LogP contribution in [0.1, 0.15) is 17.0 Å². The molecule has 0 amide bonds. The highest BCUT2D eigenvalue weighted by molar-refractivity contribution is 9.10. The van der Waals surface area contributed by atoms with Crippen LogP contribution in [-0.2, 0) is 17.1 Å². The summed E-state index contributed by atoms with van der Waals surface area (Å²) in [7, 11) is -2.13. The fourth-order valence-corrected chi connectivity index (χ4v) is 3.91. The van der Waals surface area contributed by atoms with Crippen LogP contribution in [0.2, 0.25) is 0 Å². The van der Waals surface area contributed by atoms with Crippen molar-refractivity contribution in [2.75, 3.05) is 4.72 Å². The van der Waals surface area contributed by atoms with Gasteiger partial charge in [-0.05, 0) is 32.0 Å². The van der Waals surface area contributed by atoms with Crippen molar-refractivity contribution in [2.45, 2.75) is 18.7 Å². The van der Waals surface area contributed by atoms with Crippen molar-refractivity contribution in [2.24, 2.45) is 7.05 Å². The summed E-state index contributed by atoms with van der Waals surface area (Å²) >= 11 is 3.26. The Labute approximate surface area is 131 Å². The molecule has 0 saturated heterocycles. The van der Waals surface area contributed by atoms with Crippen LogP contribution in [0.5, 0.6) is 0 Å². The molecule has 0 radical (unpaired) electrons. The van der Waals surface area contributed by atoms with E-state index >= 15 is 0 Å². The van der Waals surface area contributed by atoms with Crippen LogP contribution in [0.3, 0.4) is 0 Å². The van der Waals surface area contributed by atoms with E-state index in [-0.39, 0.29) is 16.1 Å². The summed E-state index contributed by atoms with van der Waals surface area (Å²) in [5.41, 5.74) is 1.43. The van der Waals surface area contributed by atoms with Crippen LogP contribution in [-0.4, -0.2) is 18.2 Å². The van der Waals surface area contributed by atoms with Gasteiger partial charge in [0, 0.05) is 11.5 Å². The molecule has 2 aromatic rings. The van der Waals surface area contributed by atoms with Gasteiger partial charge < -0.3 is 0 Å². The molecule has 6 nitrogen and oxygen atoms in total. The number of hydrogen-bond acceptors (Lipinski definition) is 4. The number of halogens is 1. The zero-order chi connectivity index (χ0) is 15.8. The van der Waals surface area contributed by atoms with Crippen LogP contribution in [0, 0.1) is 25.2 Å². The van der Waals surface area contributed by atoms with Gasteiger partial charge in [-0.1, -0.05) is 15.9 Å². The molecular formula is C13H13BrN4O2S. The van der Waals surface area contributed by atoms with Crippen molar-refractivity contribution >= 4 is 31.6 Å². The first-order valence-electron chi connectivity index (χ1n) is 5.99. The van der Waals surface area contributed by atoms with Gasteiger partial charge in [0.25, 0.3) is 10.0 Å². The molecule has 0 bridgehead atoms. The van der Waals surface area contributed by atoms with E-state index in [2.05, 4.69) is 25.8 Å². The van der Waals surface area contributed by atoms with Gasteiger partial charge in [-0.15, -0.1) is 0 Å². The van der Waals surface area contributed by atoms with Crippen molar-refractivity contribution in [3.05, 3.63) is 39.6 Å². The second-order valence-electron chi connectivity index (χ2n) is 4.53. The van der Waals surface area contributed by atoms with Crippen molar-refractivity contribution in [3.63, 3.8) is 0 Å². The Bertz CT molecular complexity index is 850. The molecule has 110 valence electrons. The van der Waals surface area contributed by atoms with Gasteiger partial charge in [0.15, 0.2) is 0 Å². The average Bonchev–Trinajstić information content (AvgIpc) is 2.63. The Morgan fingerprint density at radius 3 is 2.57 bits per heavy atom. The summed E-state index contributed by atoms with van der Waals surface area (Å²) in [6.45, 7) is 3.31. The van der Waals surface area contributed by atoms with E-state index in [9.17, 15) is 8.42 Å². The van der Waals surface area contributed by atoms with Crippen molar-refractivity contribution in [1.29, 1.82) is 5.26 Å². The van der Waals surface area contributed by atoms with Crippen molar-refractivity contribution < 1.29 is 8.42 Å². The minimum absolute atomic E-state index is 0.133. The standard InChI is InChI=1S/C13H13BrN4O2S/c1-8-13(9(2)18(3)16-8)21(19,20)17-12-6-11(14)5-4-10(12)7-15/h4-6,17H,1-3H3. The van der Waals surface area contributed by atoms with Crippen LogP contribution in [0.15, 0.2) is 27.6 Å². The molecule has 0 spiro atoms. The number of benzene rings is 1. The first-order chi connectivity index (χ1) is 9.76. The van der Waals surface area contributed by atoms with Gasteiger partial charge in [-0.3, -0.25) is 9.40 Å². The van der Waals surface area contributed by atoms with Gasteiger partial charge >= 0.3 is 0 Å². The highest BCUT2D eigenvalue weighted by atomic mass is 79.9. The number of nitrogens with zero attached hydrogens (tertiary/aromatic N) is 3. The minimum atomic E-state index is -3.81. The number of sulfonamides is 1. The maximum Gasteiger partial charge on any atom is 0.265 e. The largest absolute Gasteiger partial charge is 0.278 e. The van der Waals surface area contributed by atoms with E-state index in [4.69, 9.17) is 5.26 Å². The van der Waals surface area contributed by atoms with Crippen LogP contribution < -0.4 is 4.72 Å². The maximum atomic E-state index is 12.5. The molecule has 0 aliphatic carbocycles. The van der Waals surface area contributed by atoms with E-state index in [1.165, 1.54) is 4.68 Å². The molecule has 0 aliphatic rings. The predicted molar refractivity (Wildman–Crippen MR) is 82.3 cm³/mol. The zero-order valence-corrected chi connectivity index (χ0v) is 14.1. The highest BCUT2D eigenvalue weighted by Gasteiger charge is 2.24. The van der Waals surface area contributed by atoms with E-state index in [1.54, 1.807) is 39.1 Å². The minimum Gasteiger partial charge on any atom is -0.278 e. The molecule has 1 N–H and O–H groups in total. The fraction of sp³-hybridized carbons (Fsp3) is 0.231. The quantitative estimate of drug-likeness (QED) is 0.900. The third-order valence-electron chi connectivity index (χ3n) is 3.06. The Balaban J connectivity index is 2.53. The van der Waals surface area contributed by atoms with Crippen LogP contribution in [0.25, 0.3) is 0 Å². The van der Waals surface area contributed by atoms with Gasteiger partial charge in [0.1, 0.15) is 11.0 Å². The lowest BCUT2D eigenvalue weighted by Crippen LogP contribution is -2.15. The second kappa shape index (κ2) is 5.50. The Morgan fingerprint density at radius 1 is 1.38 bits per heavy atom. The Morgan fingerprint density at radius 2 is 2.05 bits per heavy atom. The summed E-state index contributed by atoms with van der Waals surface area (Å²) in [6, 6.07) is 6.74. The zero-order valence-electron chi connectivity index (χ0n) is 11.7. The fourth-order valence-electron chi connectivity index (χ4n) is 2.04. The summed E-state index contributed by atoms with van der Waals surface area (Å²) in [5.74, 6) is 0. The molecule has 0 unspecified atom stereocenters. The number of aryl methyl sites for hydroxylation is 2. The summed E-state index contributed by atoms with van der Waals surface area (Å²) in [6.07, 6.45) is 0. The molecule has 0 atom stereocenters. The van der Waals surface area contributed by atoms with E-state index in [0.29, 0.717) is 15.9 Å². The maximum absolute atomic E-state index is 12.5. The molecule has 0 saturated carbocycles. The molecule has 8 heteroatoms. The second-order valence-corrected chi connectivity index (χ2v) is 7.07. The molecule has 2 rings (SSSR count). The predicted octanol–water partition coefficient (Wildman–Crippen LogP) is 2.47. The van der Waals surface area contributed by atoms with E-state index in [0.717, 1.165) is 0 Å². The van der Waals surface area contributed by atoms with E-state index in [1.807, 2.05) is 6.07 Å². The lowest BCUT2D eigenvalue weighted by Gasteiger charge is -2.10. The Hall–Kier alpha value is -1.85. The SMILES string of the molecule is Cc1nn(C)c(C)c1S(=O)(=O)Nc1cc(Br)ccc1C#N. The number of nitrogens with one attached hydrogen (secondary N) is 1. The van der Waals surface area contributed by atoms with E-state index < -0.39 is 10.0 Å². The lowest BCUT2D eigenvalue weighted by atomic mass is 10.2. The van der Waals surface area contributed by atoms with Crippen molar-refractivity contribution in [1.82, 2.24) is 9.78 Å². The summed E-state index contributed by atoms with van der Waals surface area (Å²) < 4.78 is 29.7. The smallest absolute Gasteiger partial charge is 0.265 e.